The van der Waals surface area contributed by atoms with E-state index in [-0.39, 0.29) is 28.9 Å². The molecular weight excluding hydrogens is 398 g/mol. The minimum absolute atomic E-state index is 0.0907. The summed E-state index contributed by atoms with van der Waals surface area (Å²) in [5.41, 5.74) is 1.31. The molecule has 1 aliphatic rings. The van der Waals surface area contributed by atoms with Gasteiger partial charge in [0.1, 0.15) is 17.5 Å². The number of carbonyl (C=O) groups excluding carboxylic acids is 1. The Hall–Kier alpha value is -2.58. The summed E-state index contributed by atoms with van der Waals surface area (Å²) in [5.74, 6) is 0.808. The van der Waals surface area contributed by atoms with Crippen LogP contribution in [0.25, 0.3) is 4.85 Å². The highest BCUT2D eigenvalue weighted by Gasteiger charge is 2.64. The third-order valence-electron chi connectivity index (χ3n) is 6.09. The molecule has 0 bridgehead atoms. The van der Waals surface area contributed by atoms with Crippen LogP contribution in [0.3, 0.4) is 0 Å². The highest BCUT2D eigenvalue weighted by atomic mass is 35.5. The summed E-state index contributed by atoms with van der Waals surface area (Å²) >= 11 is 6.15. The molecule has 0 saturated heterocycles. The van der Waals surface area contributed by atoms with Crippen molar-refractivity contribution in [3.8, 4) is 5.75 Å². The highest BCUT2D eigenvalue weighted by molar-refractivity contribution is 6.33. The molecule has 3 rings (SSSR count). The molecule has 1 aromatic carbocycles. The van der Waals surface area contributed by atoms with Gasteiger partial charge in [-0.25, -0.2) is 4.85 Å². The molecule has 158 valence electrons. The Morgan fingerprint density at radius 1 is 1.20 bits per heavy atom. The molecule has 1 N–H and O–H groups in total. The number of ether oxygens (including phenoxy) is 1. The Morgan fingerprint density at radius 2 is 1.87 bits per heavy atom. The number of hydrogen-bond acceptors (Lipinski definition) is 3. The number of nitrogens with zero attached hydrogens (tertiary/aromatic N) is 2. The van der Waals surface area contributed by atoms with E-state index in [1.54, 1.807) is 30.5 Å². The largest absolute Gasteiger partial charge is 0.489 e. The molecular formula is C24H28ClN3O2. The zero-order valence-electron chi connectivity index (χ0n) is 18.3. The smallest absolute Gasteiger partial charge is 0.270 e. The predicted molar refractivity (Wildman–Crippen MR) is 119 cm³/mol. The molecule has 1 aromatic heterocycles. The Morgan fingerprint density at radius 3 is 2.37 bits per heavy atom. The van der Waals surface area contributed by atoms with Crippen LogP contribution in [0.1, 0.15) is 63.5 Å². The molecule has 5 nitrogen and oxygen atoms in total. The molecule has 1 fully saturated rings. The van der Waals surface area contributed by atoms with Gasteiger partial charge in [-0.15, -0.1) is 0 Å². The Labute approximate surface area is 183 Å². The molecule has 1 saturated carbocycles. The first-order valence-corrected chi connectivity index (χ1v) is 10.5. The summed E-state index contributed by atoms with van der Waals surface area (Å²) in [5, 5.41) is 3.53. The van der Waals surface area contributed by atoms with E-state index in [9.17, 15) is 4.79 Å². The highest BCUT2D eigenvalue weighted by Crippen LogP contribution is 2.55. The van der Waals surface area contributed by atoms with Crippen molar-refractivity contribution in [2.75, 3.05) is 0 Å². The van der Waals surface area contributed by atoms with Crippen LogP contribution < -0.4 is 10.1 Å². The third-order valence-corrected chi connectivity index (χ3v) is 6.40. The van der Waals surface area contributed by atoms with Gasteiger partial charge in [-0.3, -0.25) is 9.78 Å². The molecule has 0 aliphatic heterocycles. The van der Waals surface area contributed by atoms with Gasteiger partial charge in [-0.05, 0) is 29.7 Å². The molecule has 0 atom stereocenters. The maximum Gasteiger partial charge on any atom is 0.270 e. The lowest BCUT2D eigenvalue weighted by atomic mass is 9.49. The van der Waals surface area contributed by atoms with Gasteiger partial charge in [-0.2, -0.15) is 0 Å². The fraction of sp³-hybridized carbons (Fsp3) is 0.458. The van der Waals surface area contributed by atoms with Crippen LogP contribution >= 0.6 is 11.6 Å². The Bertz CT molecular complexity index is 975. The minimum Gasteiger partial charge on any atom is -0.489 e. The SMILES string of the molecule is [C-]#[N+]c1ccc(OC2C(C)(C)C(NC(=O)c3ccc(C(C)C)cn3)C2(C)C)cc1Cl. The van der Waals surface area contributed by atoms with Gasteiger partial charge in [0.25, 0.3) is 5.91 Å². The summed E-state index contributed by atoms with van der Waals surface area (Å²) in [6.45, 7) is 19.6. The monoisotopic (exact) mass is 425 g/mol. The van der Waals surface area contributed by atoms with Crippen LogP contribution in [0, 0.1) is 17.4 Å². The fourth-order valence-corrected chi connectivity index (χ4v) is 4.89. The van der Waals surface area contributed by atoms with E-state index < -0.39 is 0 Å². The lowest BCUT2D eigenvalue weighted by Gasteiger charge is -2.63. The molecule has 0 unspecified atom stereocenters. The topological polar surface area (TPSA) is 55.6 Å². The lowest BCUT2D eigenvalue weighted by molar-refractivity contribution is -0.164. The van der Waals surface area contributed by atoms with E-state index in [1.807, 2.05) is 6.07 Å². The van der Waals surface area contributed by atoms with Crippen molar-refractivity contribution in [1.82, 2.24) is 10.3 Å². The van der Waals surface area contributed by atoms with Crippen LogP contribution in [-0.4, -0.2) is 23.0 Å². The number of hydrogen-bond donors (Lipinski definition) is 1. The van der Waals surface area contributed by atoms with Gasteiger partial charge in [0, 0.05) is 23.1 Å². The normalized spacial score (nSPS) is 21.4. The second-order valence-electron chi connectivity index (χ2n) is 9.40. The molecule has 1 aliphatic carbocycles. The first-order valence-electron chi connectivity index (χ1n) is 10.1. The molecule has 30 heavy (non-hydrogen) atoms. The second-order valence-corrected chi connectivity index (χ2v) is 9.81. The standard InChI is InChI=1S/C24H28ClN3O2/c1-14(2)15-8-10-19(27-13-15)20(29)28-21-23(3,4)22(24(21,5)6)30-16-9-11-18(26-7)17(25)12-16/h8-14,21-22H,1-6H3,(H,28,29). The maximum atomic E-state index is 12.8. The molecule has 2 aromatic rings. The molecule has 0 radical (unpaired) electrons. The summed E-state index contributed by atoms with van der Waals surface area (Å²) in [6.07, 6.45) is 1.63. The first-order chi connectivity index (χ1) is 14.0. The number of aromatic nitrogens is 1. The summed E-state index contributed by atoms with van der Waals surface area (Å²) in [6, 6.07) is 8.73. The zero-order chi connectivity index (χ0) is 22.3. The van der Waals surface area contributed by atoms with E-state index in [1.165, 1.54) is 0 Å². The number of pyridine rings is 1. The van der Waals surface area contributed by atoms with Gasteiger partial charge in [-0.1, -0.05) is 65.3 Å². The van der Waals surface area contributed by atoms with Crippen LogP contribution in [0.2, 0.25) is 5.02 Å². The van der Waals surface area contributed by atoms with Crippen molar-refractivity contribution < 1.29 is 9.53 Å². The number of benzene rings is 1. The van der Waals surface area contributed by atoms with Crippen molar-refractivity contribution in [3.05, 3.63) is 64.2 Å². The van der Waals surface area contributed by atoms with Crippen LogP contribution in [-0.2, 0) is 0 Å². The van der Waals surface area contributed by atoms with E-state index >= 15 is 0 Å². The number of rotatable bonds is 5. The van der Waals surface area contributed by atoms with Gasteiger partial charge in [0.05, 0.1) is 11.6 Å². The van der Waals surface area contributed by atoms with E-state index in [4.69, 9.17) is 22.9 Å². The minimum atomic E-state index is -0.304. The number of carbonyl (C=O) groups is 1. The van der Waals surface area contributed by atoms with Crippen molar-refractivity contribution in [1.29, 1.82) is 0 Å². The summed E-state index contributed by atoms with van der Waals surface area (Å²) < 4.78 is 6.27. The van der Waals surface area contributed by atoms with Crippen molar-refractivity contribution in [2.45, 2.75) is 59.6 Å². The molecule has 6 heteroatoms. The zero-order valence-corrected chi connectivity index (χ0v) is 19.0. The quantitative estimate of drug-likeness (QED) is 0.596. The van der Waals surface area contributed by atoms with Crippen molar-refractivity contribution in [2.24, 2.45) is 10.8 Å². The van der Waals surface area contributed by atoms with Crippen LogP contribution in [0.15, 0.2) is 36.5 Å². The average Bonchev–Trinajstić information content (AvgIpc) is 2.69. The van der Waals surface area contributed by atoms with Crippen LogP contribution in [0.5, 0.6) is 5.75 Å². The predicted octanol–water partition coefficient (Wildman–Crippen LogP) is 6.02. The third kappa shape index (κ3) is 3.89. The fourth-order valence-electron chi connectivity index (χ4n) is 4.67. The summed E-state index contributed by atoms with van der Waals surface area (Å²) in [7, 11) is 0. The second kappa shape index (κ2) is 7.92. The van der Waals surface area contributed by atoms with Crippen molar-refractivity contribution in [3.63, 3.8) is 0 Å². The Balaban J connectivity index is 1.74. The van der Waals surface area contributed by atoms with E-state index in [0.29, 0.717) is 28.1 Å². The van der Waals surface area contributed by atoms with Crippen molar-refractivity contribution >= 4 is 23.2 Å². The average molecular weight is 426 g/mol. The first kappa shape index (κ1) is 22.1. The number of amides is 1. The number of nitrogens with one attached hydrogen (secondary N) is 1. The molecule has 1 heterocycles. The Kier molecular flexibility index (Phi) is 5.84. The van der Waals surface area contributed by atoms with E-state index in [0.717, 1.165) is 5.56 Å². The van der Waals surface area contributed by atoms with Gasteiger partial charge in [0.15, 0.2) is 0 Å². The van der Waals surface area contributed by atoms with Gasteiger partial charge in [0.2, 0.25) is 5.69 Å². The number of halogens is 1. The van der Waals surface area contributed by atoms with Gasteiger partial charge < -0.3 is 10.1 Å². The maximum absolute atomic E-state index is 12.8. The van der Waals surface area contributed by atoms with E-state index in [2.05, 4.69) is 56.7 Å². The summed E-state index contributed by atoms with van der Waals surface area (Å²) in [4.78, 5) is 20.5. The molecule has 1 amide bonds. The van der Waals surface area contributed by atoms with Crippen LogP contribution in [0.4, 0.5) is 5.69 Å². The van der Waals surface area contributed by atoms with Gasteiger partial charge >= 0.3 is 0 Å². The molecule has 0 spiro atoms. The lowest BCUT2D eigenvalue weighted by Crippen LogP contribution is -2.74.